The molecule has 16 heavy (non-hydrogen) atoms. The summed E-state index contributed by atoms with van der Waals surface area (Å²) in [5.74, 6) is -0.0504. The van der Waals surface area contributed by atoms with Crippen molar-refractivity contribution < 1.29 is 4.79 Å². The maximum absolute atomic E-state index is 11.3. The summed E-state index contributed by atoms with van der Waals surface area (Å²) in [6.45, 7) is 3.48. The van der Waals surface area contributed by atoms with E-state index in [1.165, 1.54) is 13.1 Å². The maximum Gasteiger partial charge on any atom is 0.179 e. The van der Waals surface area contributed by atoms with Crippen molar-refractivity contribution in [1.82, 2.24) is 15.0 Å². The molecule has 0 saturated carbocycles. The van der Waals surface area contributed by atoms with Crippen molar-refractivity contribution in [2.24, 2.45) is 0 Å². The lowest BCUT2D eigenvalue weighted by molar-refractivity contribution is 0.101. The van der Waals surface area contributed by atoms with Crippen LogP contribution < -0.4 is 0 Å². The van der Waals surface area contributed by atoms with Gasteiger partial charge in [-0.1, -0.05) is 21.1 Å². The molecule has 1 aromatic carbocycles. The Labute approximate surface area is 101 Å². The van der Waals surface area contributed by atoms with Crippen molar-refractivity contribution in [2.75, 3.05) is 0 Å². The number of benzene rings is 1. The van der Waals surface area contributed by atoms with E-state index in [0.717, 1.165) is 15.7 Å². The van der Waals surface area contributed by atoms with Gasteiger partial charge >= 0.3 is 0 Å². The minimum atomic E-state index is -0.0504. The molecule has 4 nitrogen and oxygen atoms in total. The molecule has 0 atom stereocenters. The number of ketones is 1. The first-order chi connectivity index (χ1) is 7.59. The van der Waals surface area contributed by atoms with Crippen molar-refractivity contribution in [2.45, 2.75) is 13.8 Å². The minimum absolute atomic E-state index is 0.0504. The number of hydrogen-bond acceptors (Lipinski definition) is 3. The van der Waals surface area contributed by atoms with Gasteiger partial charge in [-0.3, -0.25) is 4.79 Å². The zero-order valence-electron chi connectivity index (χ0n) is 8.94. The van der Waals surface area contributed by atoms with Crippen molar-refractivity contribution >= 4 is 21.7 Å². The molecular weight excluding hydrogens is 270 g/mol. The molecule has 1 heterocycles. The molecular formula is C11H10BrN3O. The highest BCUT2D eigenvalue weighted by atomic mass is 79.9. The molecule has 0 amide bonds. The molecule has 0 fully saturated rings. The van der Waals surface area contributed by atoms with Crippen LogP contribution in [0.1, 0.15) is 23.0 Å². The van der Waals surface area contributed by atoms with Gasteiger partial charge in [0.2, 0.25) is 0 Å². The summed E-state index contributed by atoms with van der Waals surface area (Å²) in [6, 6.07) is 5.76. The molecule has 0 bridgehead atoms. The molecule has 0 aliphatic rings. The van der Waals surface area contributed by atoms with Crippen molar-refractivity contribution in [3.05, 3.63) is 40.1 Å². The number of rotatable bonds is 2. The number of aromatic nitrogens is 3. The van der Waals surface area contributed by atoms with Crippen LogP contribution in [0.3, 0.4) is 0 Å². The van der Waals surface area contributed by atoms with E-state index in [1.807, 2.05) is 25.1 Å². The lowest BCUT2D eigenvalue weighted by Crippen LogP contribution is -2.06. The lowest BCUT2D eigenvalue weighted by Gasteiger charge is -2.05. The zero-order chi connectivity index (χ0) is 11.7. The fourth-order valence-corrected chi connectivity index (χ4v) is 1.67. The second-order valence-electron chi connectivity index (χ2n) is 3.52. The second kappa shape index (κ2) is 4.17. The molecule has 5 heteroatoms. The first kappa shape index (κ1) is 11.0. The Morgan fingerprint density at radius 3 is 2.81 bits per heavy atom. The quantitative estimate of drug-likeness (QED) is 0.794. The van der Waals surface area contributed by atoms with Gasteiger partial charge in [0.05, 0.1) is 11.9 Å². The standard InChI is InChI=1S/C11H10BrN3O/c1-7-5-9(3-4-10(7)12)15-11(8(2)16)6-13-14-15/h3-6H,1-2H3. The highest BCUT2D eigenvalue weighted by Crippen LogP contribution is 2.19. The summed E-state index contributed by atoms with van der Waals surface area (Å²) in [4.78, 5) is 11.3. The van der Waals surface area contributed by atoms with Crippen molar-refractivity contribution in [3.8, 4) is 5.69 Å². The predicted octanol–water partition coefficient (Wildman–Crippen LogP) is 2.54. The van der Waals surface area contributed by atoms with E-state index in [0.29, 0.717) is 5.69 Å². The highest BCUT2D eigenvalue weighted by Gasteiger charge is 2.10. The van der Waals surface area contributed by atoms with Crippen LogP contribution in [0.5, 0.6) is 0 Å². The second-order valence-corrected chi connectivity index (χ2v) is 4.38. The van der Waals surface area contributed by atoms with Crippen LogP contribution in [-0.2, 0) is 0 Å². The molecule has 0 saturated heterocycles. The molecule has 0 unspecified atom stereocenters. The van der Waals surface area contributed by atoms with Crippen molar-refractivity contribution in [3.63, 3.8) is 0 Å². The zero-order valence-corrected chi connectivity index (χ0v) is 10.5. The van der Waals surface area contributed by atoms with Crippen LogP contribution in [0.4, 0.5) is 0 Å². The number of nitrogens with zero attached hydrogens (tertiary/aromatic N) is 3. The molecule has 2 aromatic rings. The van der Waals surface area contributed by atoms with E-state index in [9.17, 15) is 4.79 Å². The largest absolute Gasteiger partial charge is 0.293 e. The first-order valence-corrected chi connectivity index (χ1v) is 5.57. The van der Waals surface area contributed by atoms with Gasteiger partial charge in [0.15, 0.2) is 5.78 Å². The monoisotopic (exact) mass is 279 g/mol. The van der Waals surface area contributed by atoms with E-state index in [-0.39, 0.29) is 5.78 Å². The third-order valence-corrected chi connectivity index (χ3v) is 3.19. The van der Waals surface area contributed by atoms with Gasteiger partial charge in [-0.05, 0) is 30.7 Å². The SMILES string of the molecule is CC(=O)c1cnnn1-c1ccc(Br)c(C)c1. The Morgan fingerprint density at radius 1 is 1.44 bits per heavy atom. The molecule has 0 N–H and O–H groups in total. The van der Waals surface area contributed by atoms with Gasteiger partial charge in [-0.2, -0.15) is 0 Å². The maximum atomic E-state index is 11.3. The Hall–Kier alpha value is -1.49. The van der Waals surface area contributed by atoms with E-state index < -0.39 is 0 Å². The summed E-state index contributed by atoms with van der Waals surface area (Å²) in [7, 11) is 0. The average molecular weight is 280 g/mol. The number of hydrogen-bond donors (Lipinski definition) is 0. The Kier molecular flexibility index (Phi) is 2.87. The molecule has 82 valence electrons. The van der Waals surface area contributed by atoms with E-state index in [2.05, 4.69) is 26.2 Å². The highest BCUT2D eigenvalue weighted by molar-refractivity contribution is 9.10. The van der Waals surface area contributed by atoms with E-state index in [1.54, 1.807) is 4.68 Å². The fraction of sp³-hybridized carbons (Fsp3) is 0.182. The van der Waals surface area contributed by atoms with Gasteiger partial charge in [-0.15, -0.1) is 5.10 Å². The molecule has 2 rings (SSSR count). The molecule has 0 radical (unpaired) electrons. The van der Waals surface area contributed by atoms with E-state index >= 15 is 0 Å². The summed E-state index contributed by atoms with van der Waals surface area (Å²) in [5, 5.41) is 7.66. The minimum Gasteiger partial charge on any atom is -0.293 e. The average Bonchev–Trinajstić information content (AvgIpc) is 2.71. The molecule has 1 aromatic heterocycles. The van der Waals surface area contributed by atoms with Crippen LogP contribution >= 0.6 is 15.9 Å². The van der Waals surface area contributed by atoms with Crippen LogP contribution in [0.25, 0.3) is 5.69 Å². The number of aryl methyl sites for hydroxylation is 1. The van der Waals surface area contributed by atoms with Crippen LogP contribution in [0.15, 0.2) is 28.9 Å². The molecule has 0 aliphatic carbocycles. The van der Waals surface area contributed by atoms with Crippen molar-refractivity contribution in [1.29, 1.82) is 0 Å². The number of carbonyl (C=O) groups excluding carboxylic acids is 1. The van der Waals surface area contributed by atoms with E-state index in [4.69, 9.17) is 0 Å². The fourth-order valence-electron chi connectivity index (χ4n) is 1.43. The van der Waals surface area contributed by atoms with Gasteiger partial charge in [0, 0.05) is 11.4 Å². The smallest absolute Gasteiger partial charge is 0.179 e. The summed E-state index contributed by atoms with van der Waals surface area (Å²) in [6.07, 6.45) is 1.47. The summed E-state index contributed by atoms with van der Waals surface area (Å²) in [5.41, 5.74) is 2.41. The third kappa shape index (κ3) is 1.90. The first-order valence-electron chi connectivity index (χ1n) is 4.78. The molecule has 0 spiro atoms. The Balaban J connectivity index is 2.54. The normalized spacial score (nSPS) is 10.4. The summed E-state index contributed by atoms with van der Waals surface area (Å²) < 4.78 is 2.57. The van der Waals surface area contributed by atoms with Gasteiger partial charge in [0.25, 0.3) is 0 Å². The Morgan fingerprint density at radius 2 is 2.19 bits per heavy atom. The van der Waals surface area contributed by atoms with Gasteiger partial charge in [-0.25, -0.2) is 4.68 Å². The van der Waals surface area contributed by atoms with Gasteiger partial charge in [0.1, 0.15) is 5.69 Å². The van der Waals surface area contributed by atoms with Crippen LogP contribution in [0, 0.1) is 6.92 Å². The number of halogens is 1. The Bertz CT molecular complexity index is 548. The van der Waals surface area contributed by atoms with Crippen LogP contribution in [0.2, 0.25) is 0 Å². The topological polar surface area (TPSA) is 47.8 Å². The number of carbonyl (C=O) groups is 1. The third-order valence-electron chi connectivity index (χ3n) is 2.30. The van der Waals surface area contributed by atoms with Crippen LogP contribution in [-0.4, -0.2) is 20.8 Å². The lowest BCUT2D eigenvalue weighted by atomic mass is 10.2. The molecule has 0 aliphatic heterocycles. The number of Topliss-reactive ketones (excluding diaryl/α,β-unsaturated/α-hetero) is 1. The predicted molar refractivity (Wildman–Crippen MR) is 63.8 cm³/mol. The van der Waals surface area contributed by atoms with Gasteiger partial charge < -0.3 is 0 Å². The summed E-state index contributed by atoms with van der Waals surface area (Å²) >= 11 is 3.43.